The molecule has 0 aromatic heterocycles. The quantitative estimate of drug-likeness (QED) is 0.471. The lowest BCUT2D eigenvalue weighted by molar-refractivity contribution is 0.123. The van der Waals surface area contributed by atoms with Crippen molar-refractivity contribution in [2.24, 2.45) is 0 Å². The highest BCUT2D eigenvalue weighted by Crippen LogP contribution is 2.18. The summed E-state index contributed by atoms with van der Waals surface area (Å²) in [6.07, 6.45) is 5.86. The molecule has 0 aromatic rings. The van der Waals surface area contributed by atoms with Gasteiger partial charge in [-0.25, -0.2) is 0 Å². The molecular formula is C9H18O2. The normalized spacial score (nSPS) is 25.1. The molecule has 0 saturated carbocycles. The molecule has 0 amide bonds. The zero-order chi connectivity index (χ0) is 8.10. The molecule has 1 fully saturated rings. The van der Waals surface area contributed by atoms with Gasteiger partial charge in [0.2, 0.25) is 0 Å². The van der Waals surface area contributed by atoms with Gasteiger partial charge >= 0.3 is 0 Å². The summed E-state index contributed by atoms with van der Waals surface area (Å²) in [5, 5.41) is 9.36. The SMILES string of the molecule is CCCCCC[C@@H](O)[C@H]1CO1. The molecule has 66 valence electrons. The second kappa shape index (κ2) is 4.73. The van der Waals surface area contributed by atoms with E-state index in [1.165, 1.54) is 19.3 Å². The van der Waals surface area contributed by atoms with Crippen molar-refractivity contribution in [1.82, 2.24) is 0 Å². The molecule has 1 heterocycles. The van der Waals surface area contributed by atoms with E-state index in [1.54, 1.807) is 0 Å². The maximum absolute atomic E-state index is 9.36. The van der Waals surface area contributed by atoms with Crippen LogP contribution >= 0.6 is 0 Å². The molecule has 0 radical (unpaired) electrons. The maximum atomic E-state index is 9.36. The Hall–Kier alpha value is -0.0800. The minimum Gasteiger partial charge on any atom is -0.390 e. The zero-order valence-corrected chi connectivity index (χ0v) is 7.25. The van der Waals surface area contributed by atoms with Crippen LogP contribution in [0.3, 0.4) is 0 Å². The van der Waals surface area contributed by atoms with Crippen LogP contribution in [0.4, 0.5) is 0 Å². The van der Waals surface area contributed by atoms with Crippen LogP contribution in [0.25, 0.3) is 0 Å². The fraction of sp³-hybridized carbons (Fsp3) is 1.00. The number of ether oxygens (including phenoxy) is 1. The first-order valence-electron chi connectivity index (χ1n) is 4.64. The Labute approximate surface area is 68.6 Å². The monoisotopic (exact) mass is 158 g/mol. The van der Waals surface area contributed by atoms with Gasteiger partial charge in [-0.2, -0.15) is 0 Å². The first kappa shape index (κ1) is 9.01. The fourth-order valence-electron chi connectivity index (χ4n) is 1.24. The molecule has 1 aliphatic heterocycles. The van der Waals surface area contributed by atoms with Crippen molar-refractivity contribution in [1.29, 1.82) is 0 Å². The highest BCUT2D eigenvalue weighted by molar-refractivity contribution is 4.77. The molecule has 1 aliphatic rings. The lowest BCUT2D eigenvalue weighted by Gasteiger charge is -2.05. The van der Waals surface area contributed by atoms with E-state index in [4.69, 9.17) is 4.74 Å². The van der Waals surface area contributed by atoms with E-state index in [-0.39, 0.29) is 12.2 Å². The first-order chi connectivity index (χ1) is 5.34. The topological polar surface area (TPSA) is 32.8 Å². The van der Waals surface area contributed by atoms with Crippen LogP contribution in [0.2, 0.25) is 0 Å². The summed E-state index contributed by atoms with van der Waals surface area (Å²) in [5.41, 5.74) is 0. The van der Waals surface area contributed by atoms with E-state index in [2.05, 4.69) is 6.92 Å². The molecule has 2 nitrogen and oxygen atoms in total. The molecule has 0 bridgehead atoms. The van der Waals surface area contributed by atoms with Crippen molar-refractivity contribution >= 4 is 0 Å². The van der Waals surface area contributed by atoms with Gasteiger partial charge in [-0.3, -0.25) is 0 Å². The molecule has 0 aromatic carbocycles. The summed E-state index contributed by atoms with van der Waals surface area (Å²) in [6, 6.07) is 0. The van der Waals surface area contributed by atoms with Crippen molar-refractivity contribution < 1.29 is 9.84 Å². The van der Waals surface area contributed by atoms with Gasteiger partial charge in [0, 0.05) is 0 Å². The molecule has 2 heteroatoms. The van der Waals surface area contributed by atoms with Crippen molar-refractivity contribution in [2.75, 3.05) is 6.61 Å². The van der Waals surface area contributed by atoms with Crippen LogP contribution in [0, 0.1) is 0 Å². The molecule has 0 spiro atoms. The Kier molecular flexibility index (Phi) is 3.87. The molecule has 1 saturated heterocycles. The number of hydrogen-bond acceptors (Lipinski definition) is 2. The predicted molar refractivity (Wildman–Crippen MR) is 44.5 cm³/mol. The van der Waals surface area contributed by atoms with Gasteiger partial charge in [-0.05, 0) is 6.42 Å². The van der Waals surface area contributed by atoms with Gasteiger partial charge in [0.1, 0.15) is 6.10 Å². The van der Waals surface area contributed by atoms with E-state index in [9.17, 15) is 5.11 Å². The molecular weight excluding hydrogens is 140 g/mol. The van der Waals surface area contributed by atoms with Crippen LogP contribution in [-0.2, 0) is 4.74 Å². The van der Waals surface area contributed by atoms with Gasteiger partial charge in [-0.1, -0.05) is 32.6 Å². The number of aliphatic hydroxyl groups is 1. The lowest BCUT2D eigenvalue weighted by Crippen LogP contribution is -2.13. The number of hydrogen-bond donors (Lipinski definition) is 1. The van der Waals surface area contributed by atoms with Gasteiger partial charge in [0.15, 0.2) is 0 Å². The van der Waals surface area contributed by atoms with Crippen LogP contribution in [-0.4, -0.2) is 23.9 Å². The van der Waals surface area contributed by atoms with Crippen molar-refractivity contribution in [3.8, 4) is 0 Å². The number of rotatable bonds is 6. The van der Waals surface area contributed by atoms with Crippen LogP contribution in [0.1, 0.15) is 39.0 Å². The zero-order valence-electron chi connectivity index (χ0n) is 7.25. The van der Waals surface area contributed by atoms with Gasteiger partial charge in [0.25, 0.3) is 0 Å². The van der Waals surface area contributed by atoms with Gasteiger partial charge < -0.3 is 9.84 Å². The Balaban J connectivity index is 1.85. The smallest absolute Gasteiger partial charge is 0.107 e. The minimum absolute atomic E-state index is 0.177. The average molecular weight is 158 g/mol. The molecule has 0 aliphatic carbocycles. The summed E-state index contributed by atoms with van der Waals surface area (Å²) in [7, 11) is 0. The third kappa shape index (κ3) is 3.73. The minimum atomic E-state index is -0.188. The summed E-state index contributed by atoms with van der Waals surface area (Å²) >= 11 is 0. The van der Waals surface area contributed by atoms with E-state index in [0.717, 1.165) is 19.4 Å². The average Bonchev–Trinajstić information content (AvgIpc) is 2.79. The van der Waals surface area contributed by atoms with Crippen molar-refractivity contribution in [2.45, 2.75) is 51.2 Å². The van der Waals surface area contributed by atoms with Crippen LogP contribution in [0.15, 0.2) is 0 Å². The summed E-state index contributed by atoms with van der Waals surface area (Å²) in [4.78, 5) is 0. The molecule has 2 atom stereocenters. The Morgan fingerprint density at radius 1 is 1.45 bits per heavy atom. The standard InChI is InChI=1S/C9H18O2/c1-2-3-4-5-6-8(10)9-7-11-9/h8-10H,2-7H2,1H3/t8-,9-/m1/s1. The van der Waals surface area contributed by atoms with Gasteiger partial charge in [0.05, 0.1) is 12.7 Å². The Morgan fingerprint density at radius 3 is 2.73 bits per heavy atom. The molecule has 11 heavy (non-hydrogen) atoms. The third-order valence-electron chi connectivity index (χ3n) is 2.14. The first-order valence-corrected chi connectivity index (χ1v) is 4.64. The van der Waals surface area contributed by atoms with E-state index in [1.807, 2.05) is 0 Å². The van der Waals surface area contributed by atoms with E-state index in [0.29, 0.717) is 0 Å². The van der Waals surface area contributed by atoms with Crippen LogP contribution in [0.5, 0.6) is 0 Å². The molecule has 0 unspecified atom stereocenters. The number of epoxide rings is 1. The molecule has 1 rings (SSSR count). The van der Waals surface area contributed by atoms with Crippen molar-refractivity contribution in [3.63, 3.8) is 0 Å². The summed E-state index contributed by atoms with van der Waals surface area (Å²) in [6.45, 7) is 2.97. The Bertz CT molecular complexity index is 99.7. The highest BCUT2D eigenvalue weighted by Gasteiger charge is 2.30. The summed E-state index contributed by atoms with van der Waals surface area (Å²) in [5.74, 6) is 0. The van der Waals surface area contributed by atoms with Gasteiger partial charge in [-0.15, -0.1) is 0 Å². The fourth-order valence-corrected chi connectivity index (χ4v) is 1.24. The second-order valence-electron chi connectivity index (χ2n) is 3.29. The number of aliphatic hydroxyl groups excluding tert-OH is 1. The second-order valence-corrected chi connectivity index (χ2v) is 3.29. The van der Waals surface area contributed by atoms with E-state index < -0.39 is 0 Å². The number of unbranched alkanes of at least 4 members (excludes halogenated alkanes) is 3. The van der Waals surface area contributed by atoms with E-state index >= 15 is 0 Å². The Morgan fingerprint density at radius 2 is 2.18 bits per heavy atom. The lowest BCUT2D eigenvalue weighted by atomic mass is 10.1. The largest absolute Gasteiger partial charge is 0.390 e. The maximum Gasteiger partial charge on any atom is 0.107 e. The van der Waals surface area contributed by atoms with Crippen LogP contribution < -0.4 is 0 Å². The predicted octanol–water partition coefficient (Wildman–Crippen LogP) is 1.72. The molecule has 1 N–H and O–H groups in total. The third-order valence-corrected chi connectivity index (χ3v) is 2.14. The van der Waals surface area contributed by atoms with Crippen molar-refractivity contribution in [3.05, 3.63) is 0 Å². The highest BCUT2D eigenvalue weighted by atomic mass is 16.6. The summed E-state index contributed by atoms with van der Waals surface area (Å²) < 4.78 is 4.98.